The van der Waals surface area contributed by atoms with Crippen LogP contribution in [0.3, 0.4) is 0 Å². The molecule has 2 aromatic carbocycles. The summed E-state index contributed by atoms with van der Waals surface area (Å²) >= 11 is 11.7. The van der Waals surface area contributed by atoms with Crippen LogP contribution in [0.15, 0.2) is 53.4 Å². The molecule has 0 unspecified atom stereocenters. The zero-order valence-electron chi connectivity index (χ0n) is 11.9. The minimum atomic E-state index is -3.57. The van der Waals surface area contributed by atoms with Crippen LogP contribution in [-0.2, 0) is 16.4 Å². The van der Waals surface area contributed by atoms with Gasteiger partial charge in [-0.3, -0.25) is 0 Å². The zero-order valence-corrected chi connectivity index (χ0v) is 14.3. The summed E-state index contributed by atoms with van der Waals surface area (Å²) in [5.41, 5.74) is 1.26. The van der Waals surface area contributed by atoms with E-state index in [1.807, 2.05) is 18.2 Å². The molecule has 0 radical (unpaired) electrons. The Morgan fingerprint density at radius 1 is 0.909 bits per heavy atom. The van der Waals surface area contributed by atoms with Gasteiger partial charge in [0.25, 0.3) is 0 Å². The van der Waals surface area contributed by atoms with Gasteiger partial charge in [0.1, 0.15) is 0 Å². The maximum atomic E-state index is 12.1. The maximum Gasteiger partial charge on any atom is 0.240 e. The smallest absolute Gasteiger partial charge is 0.211 e. The molecule has 0 saturated carbocycles. The molecule has 0 spiro atoms. The molecule has 0 aromatic heterocycles. The van der Waals surface area contributed by atoms with Crippen LogP contribution >= 0.6 is 23.2 Å². The van der Waals surface area contributed by atoms with Crippen molar-refractivity contribution in [1.82, 2.24) is 4.72 Å². The molecule has 0 saturated heterocycles. The van der Waals surface area contributed by atoms with Gasteiger partial charge in [-0.15, -0.1) is 0 Å². The summed E-state index contributed by atoms with van der Waals surface area (Å²) in [5.74, 6) is 0. The summed E-state index contributed by atoms with van der Waals surface area (Å²) < 4.78 is 26.9. The molecule has 2 rings (SSSR count). The van der Waals surface area contributed by atoms with Crippen molar-refractivity contribution >= 4 is 33.2 Å². The van der Waals surface area contributed by atoms with Crippen molar-refractivity contribution in [3.8, 4) is 0 Å². The molecule has 0 bridgehead atoms. The van der Waals surface area contributed by atoms with E-state index < -0.39 is 10.0 Å². The molecule has 2 aromatic rings. The van der Waals surface area contributed by atoms with E-state index >= 15 is 0 Å². The molecule has 0 heterocycles. The first-order valence-corrected chi connectivity index (χ1v) is 9.21. The zero-order chi connectivity index (χ0) is 16.0. The predicted molar refractivity (Wildman–Crippen MR) is 91.0 cm³/mol. The van der Waals surface area contributed by atoms with E-state index in [2.05, 4.69) is 16.9 Å². The van der Waals surface area contributed by atoms with Crippen LogP contribution in [0.25, 0.3) is 0 Å². The van der Waals surface area contributed by atoms with Gasteiger partial charge in [0.2, 0.25) is 10.0 Å². The molecule has 1 N–H and O–H groups in total. The van der Waals surface area contributed by atoms with Crippen molar-refractivity contribution in [2.24, 2.45) is 0 Å². The lowest BCUT2D eigenvalue weighted by Crippen LogP contribution is -2.24. The van der Waals surface area contributed by atoms with Gasteiger partial charge in [-0.05, 0) is 43.0 Å². The second-order valence-electron chi connectivity index (χ2n) is 4.95. The molecule has 0 aliphatic rings. The van der Waals surface area contributed by atoms with E-state index in [4.69, 9.17) is 23.2 Å². The highest BCUT2D eigenvalue weighted by atomic mass is 35.5. The molecule has 3 nitrogen and oxygen atoms in total. The van der Waals surface area contributed by atoms with Crippen LogP contribution in [0.5, 0.6) is 0 Å². The van der Waals surface area contributed by atoms with Crippen molar-refractivity contribution in [2.75, 3.05) is 6.54 Å². The number of sulfonamides is 1. The van der Waals surface area contributed by atoms with Crippen LogP contribution in [0.4, 0.5) is 0 Å². The van der Waals surface area contributed by atoms with Crippen molar-refractivity contribution in [1.29, 1.82) is 0 Å². The standard InChI is InChI=1S/C16H17Cl2NO2S/c17-14-10-15(18)12-16(11-14)22(20,21)19-9-5-4-8-13-6-2-1-3-7-13/h1-3,6-7,10-12,19H,4-5,8-9H2. The molecule has 0 atom stereocenters. The Balaban J connectivity index is 1.83. The minimum Gasteiger partial charge on any atom is -0.211 e. The highest BCUT2D eigenvalue weighted by Gasteiger charge is 2.14. The molecular formula is C16H17Cl2NO2S. The molecule has 6 heteroatoms. The molecular weight excluding hydrogens is 341 g/mol. The number of hydrogen-bond acceptors (Lipinski definition) is 2. The number of rotatable bonds is 7. The second kappa shape index (κ2) is 7.97. The highest BCUT2D eigenvalue weighted by Crippen LogP contribution is 2.22. The summed E-state index contributed by atoms with van der Waals surface area (Å²) in [4.78, 5) is 0.0908. The van der Waals surface area contributed by atoms with Gasteiger partial charge >= 0.3 is 0 Å². The van der Waals surface area contributed by atoms with E-state index in [0.717, 1.165) is 19.3 Å². The van der Waals surface area contributed by atoms with Crippen molar-refractivity contribution in [3.63, 3.8) is 0 Å². The van der Waals surface area contributed by atoms with Crippen molar-refractivity contribution in [2.45, 2.75) is 24.2 Å². The Labute approximate surface area is 141 Å². The van der Waals surface area contributed by atoms with Gasteiger partial charge < -0.3 is 0 Å². The third kappa shape index (κ3) is 5.29. The van der Waals surface area contributed by atoms with E-state index in [9.17, 15) is 8.42 Å². The maximum absolute atomic E-state index is 12.1. The van der Waals surface area contributed by atoms with Crippen molar-refractivity contribution in [3.05, 3.63) is 64.1 Å². The van der Waals surface area contributed by atoms with Crippen LogP contribution < -0.4 is 4.72 Å². The quantitative estimate of drug-likeness (QED) is 0.751. The first kappa shape index (κ1) is 17.3. The number of halogens is 2. The number of benzene rings is 2. The third-order valence-corrected chi connectivity index (χ3v) is 5.05. The van der Waals surface area contributed by atoms with Crippen LogP contribution in [0.2, 0.25) is 10.0 Å². The fourth-order valence-electron chi connectivity index (χ4n) is 2.07. The lowest BCUT2D eigenvalue weighted by atomic mass is 10.1. The van der Waals surface area contributed by atoms with Gasteiger partial charge in [-0.25, -0.2) is 13.1 Å². The van der Waals surface area contributed by atoms with Gasteiger partial charge in [0.05, 0.1) is 4.90 Å². The summed E-state index contributed by atoms with van der Waals surface area (Å²) in [6.45, 7) is 0.388. The van der Waals surface area contributed by atoms with Crippen LogP contribution in [-0.4, -0.2) is 15.0 Å². The van der Waals surface area contributed by atoms with Gasteiger partial charge in [0, 0.05) is 16.6 Å². The Morgan fingerprint density at radius 3 is 2.18 bits per heavy atom. The lowest BCUT2D eigenvalue weighted by molar-refractivity contribution is 0.576. The number of hydrogen-bond donors (Lipinski definition) is 1. The normalized spacial score (nSPS) is 11.5. The number of unbranched alkanes of at least 4 members (excludes halogenated alkanes) is 1. The monoisotopic (exact) mass is 357 g/mol. The molecule has 0 aliphatic carbocycles. The van der Waals surface area contributed by atoms with Gasteiger partial charge in [-0.2, -0.15) is 0 Å². The van der Waals surface area contributed by atoms with E-state index in [1.165, 1.54) is 23.8 Å². The van der Waals surface area contributed by atoms with E-state index in [-0.39, 0.29) is 4.90 Å². The van der Waals surface area contributed by atoms with E-state index in [1.54, 1.807) is 0 Å². The SMILES string of the molecule is O=S(=O)(NCCCCc1ccccc1)c1cc(Cl)cc(Cl)c1. The summed E-state index contributed by atoms with van der Waals surface area (Å²) in [7, 11) is -3.57. The first-order valence-electron chi connectivity index (χ1n) is 6.97. The molecule has 118 valence electrons. The Hall–Kier alpha value is -1.07. The Morgan fingerprint density at radius 2 is 1.55 bits per heavy atom. The largest absolute Gasteiger partial charge is 0.240 e. The molecule has 0 fully saturated rings. The predicted octanol–water partition coefficient (Wildman–Crippen LogP) is 4.29. The van der Waals surface area contributed by atoms with Gasteiger partial charge in [0.15, 0.2) is 0 Å². The van der Waals surface area contributed by atoms with Crippen LogP contribution in [0, 0.1) is 0 Å². The Bertz CT molecular complexity index is 698. The number of nitrogens with one attached hydrogen (secondary N) is 1. The number of aryl methyl sites for hydroxylation is 1. The highest BCUT2D eigenvalue weighted by molar-refractivity contribution is 7.89. The second-order valence-corrected chi connectivity index (χ2v) is 7.59. The summed E-state index contributed by atoms with van der Waals surface area (Å²) in [5, 5.41) is 0.605. The molecule has 0 aliphatic heterocycles. The average Bonchev–Trinajstić information content (AvgIpc) is 2.47. The van der Waals surface area contributed by atoms with E-state index in [0.29, 0.717) is 16.6 Å². The summed E-state index contributed by atoms with van der Waals surface area (Å²) in [6, 6.07) is 14.4. The third-order valence-electron chi connectivity index (χ3n) is 3.17. The molecule has 0 amide bonds. The van der Waals surface area contributed by atoms with Gasteiger partial charge in [-0.1, -0.05) is 53.5 Å². The topological polar surface area (TPSA) is 46.2 Å². The fourth-order valence-corrected chi connectivity index (χ4v) is 3.87. The van der Waals surface area contributed by atoms with Crippen molar-refractivity contribution < 1.29 is 8.42 Å². The first-order chi connectivity index (χ1) is 10.5. The minimum absolute atomic E-state index is 0.0908. The lowest BCUT2D eigenvalue weighted by Gasteiger charge is -2.08. The summed E-state index contributed by atoms with van der Waals surface area (Å²) in [6.07, 6.45) is 2.62. The Kier molecular flexibility index (Phi) is 6.26. The average molecular weight is 358 g/mol. The fraction of sp³-hybridized carbons (Fsp3) is 0.250. The van der Waals surface area contributed by atoms with Crippen LogP contribution in [0.1, 0.15) is 18.4 Å². The molecule has 22 heavy (non-hydrogen) atoms.